The highest BCUT2D eigenvalue weighted by Crippen LogP contribution is 2.26. The fraction of sp³-hybridized carbons (Fsp3) is 0.846. The topological polar surface area (TPSA) is 70.7 Å². The van der Waals surface area contributed by atoms with Crippen LogP contribution < -0.4 is 11.1 Å². The van der Waals surface area contributed by atoms with Gasteiger partial charge in [0.2, 0.25) is 5.91 Å². The molecule has 18 heavy (non-hydrogen) atoms. The van der Waals surface area contributed by atoms with Crippen LogP contribution in [0.3, 0.4) is 0 Å². The minimum Gasteiger partial charge on any atom is -0.370 e. The summed E-state index contributed by atoms with van der Waals surface area (Å²) in [6, 6.07) is 0.604. The zero-order valence-electron chi connectivity index (χ0n) is 11.2. The van der Waals surface area contributed by atoms with E-state index >= 15 is 0 Å². The Morgan fingerprint density at radius 2 is 2.11 bits per heavy atom. The minimum absolute atomic E-state index is 0.216. The van der Waals surface area contributed by atoms with Gasteiger partial charge < -0.3 is 16.0 Å². The molecule has 0 aromatic carbocycles. The molecule has 0 saturated heterocycles. The molecule has 5 heteroatoms. The van der Waals surface area contributed by atoms with Gasteiger partial charge in [0.25, 0.3) is 0 Å². The van der Waals surface area contributed by atoms with Crippen molar-refractivity contribution in [2.75, 3.05) is 20.1 Å². The molecule has 0 atom stereocenters. The summed E-state index contributed by atoms with van der Waals surface area (Å²) in [6.07, 6.45) is 6.63. The predicted octanol–water partition coefficient (Wildman–Crippen LogP) is 0.702. The van der Waals surface area contributed by atoms with Crippen LogP contribution in [0.5, 0.6) is 0 Å². The monoisotopic (exact) mass is 252 g/mol. The molecule has 1 amide bonds. The molecule has 2 fully saturated rings. The van der Waals surface area contributed by atoms with Crippen LogP contribution in [0.4, 0.5) is 0 Å². The van der Waals surface area contributed by atoms with Crippen molar-refractivity contribution in [3.8, 4) is 0 Å². The SMILES string of the molecule is CN(C(N)=NCCCNC(=O)C1CCC1)C1CC1. The molecule has 0 bridgehead atoms. The van der Waals surface area contributed by atoms with Gasteiger partial charge in [-0.2, -0.15) is 0 Å². The first-order chi connectivity index (χ1) is 8.68. The second kappa shape index (κ2) is 6.07. The molecule has 2 rings (SSSR count). The van der Waals surface area contributed by atoms with Crippen molar-refractivity contribution < 1.29 is 4.79 Å². The van der Waals surface area contributed by atoms with Gasteiger partial charge in [0.1, 0.15) is 0 Å². The van der Waals surface area contributed by atoms with Crippen molar-refractivity contribution in [1.29, 1.82) is 0 Å². The Hall–Kier alpha value is -1.26. The van der Waals surface area contributed by atoms with E-state index in [0.717, 1.165) is 19.3 Å². The number of aliphatic imine (C=N–C) groups is 1. The lowest BCUT2D eigenvalue weighted by atomic mass is 9.85. The predicted molar refractivity (Wildman–Crippen MR) is 72.2 cm³/mol. The van der Waals surface area contributed by atoms with Crippen LogP contribution in [0.2, 0.25) is 0 Å². The lowest BCUT2D eigenvalue weighted by molar-refractivity contribution is -0.127. The third-order valence-corrected chi connectivity index (χ3v) is 3.84. The molecule has 0 aliphatic heterocycles. The summed E-state index contributed by atoms with van der Waals surface area (Å²) in [5.41, 5.74) is 5.87. The molecule has 0 aromatic heterocycles. The van der Waals surface area contributed by atoms with E-state index in [-0.39, 0.29) is 11.8 Å². The smallest absolute Gasteiger partial charge is 0.223 e. The zero-order chi connectivity index (χ0) is 13.0. The van der Waals surface area contributed by atoms with E-state index in [0.29, 0.717) is 25.1 Å². The third-order valence-electron chi connectivity index (χ3n) is 3.84. The summed E-state index contributed by atoms with van der Waals surface area (Å²) in [4.78, 5) is 17.9. The Morgan fingerprint density at radius 1 is 1.39 bits per heavy atom. The Labute approximate surface area is 109 Å². The fourth-order valence-electron chi connectivity index (χ4n) is 2.06. The number of carbonyl (C=O) groups is 1. The molecule has 3 N–H and O–H groups in total. The van der Waals surface area contributed by atoms with Gasteiger partial charge in [0.05, 0.1) is 0 Å². The summed E-state index contributed by atoms with van der Waals surface area (Å²) >= 11 is 0. The van der Waals surface area contributed by atoms with Crippen molar-refractivity contribution >= 4 is 11.9 Å². The van der Waals surface area contributed by atoms with E-state index in [4.69, 9.17) is 5.73 Å². The standard InChI is InChI=1S/C13H24N4O/c1-17(11-6-7-11)13(14)16-9-3-8-15-12(18)10-4-2-5-10/h10-11H,2-9H2,1H3,(H2,14,16)(H,15,18). The molecule has 0 unspecified atom stereocenters. The molecular weight excluding hydrogens is 228 g/mol. The average Bonchev–Trinajstić information content (AvgIpc) is 3.08. The van der Waals surface area contributed by atoms with Crippen molar-refractivity contribution in [2.24, 2.45) is 16.6 Å². The molecule has 0 heterocycles. The van der Waals surface area contributed by atoms with Crippen molar-refractivity contribution in [3.63, 3.8) is 0 Å². The molecule has 0 radical (unpaired) electrons. The summed E-state index contributed by atoms with van der Waals surface area (Å²) in [5, 5.41) is 2.96. The number of carbonyl (C=O) groups excluding carboxylic acids is 1. The van der Waals surface area contributed by atoms with E-state index in [2.05, 4.69) is 10.3 Å². The summed E-state index contributed by atoms with van der Waals surface area (Å²) in [6.45, 7) is 1.40. The van der Waals surface area contributed by atoms with Crippen molar-refractivity contribution in [1.82, 2.24) is 10.2 Å². The summed E-state index contributed by atoms with van der Waals surface area (Å²) in [7, 11) is 1.99. The van der Waals surface area contributed by atoms with E-state index < -0.39 is 0 Å². The summed E-state index contributed by atoms with van der Waals surface area (Å²) < 4.78 is 0. The van der Waals surface area contributed by atoms with E-state index in [1.807, 2.05) is 11.9 Å². The van der Waals surface area contributed by atoms with Gasteiger partial charge in [-0.25, -0.2) is 0 Å². The molecule has 0 aromatic rings. The van der Waals surface area contributed by atoms with E-state index in [9.17, 15) is 4.79 Å². The average molecular weight is 252 g/mol. The number of nitrogens with one attached hydrogen (secondary N) is 1. The lowest BCUT2D eigenvalue weighted by Gasteiger charge is -2.23. The number of hydrogen-bond acceptors (Lipinski definition) is 2. The molecule has 5 nitrogen and oxygen atoms in total. The van der Waals surface area contributed by atoms with Crippen molar-refractivity contribution in [3.05, 3.63) is 0 Å². The first-order valence-corrected chi connectivity index (χ1v) is 6.99. The maximum atomic E-state index is 11.5. The maximum absolute atomic E-state index is 11.5. The van der Waals surface area contributed by atoms with Gasteiger partial charge >= 0.3 is 0 Å². The van der Waals surface area contributed by atoms with Gasteiger partial charge in [0, 0.05) is 32.1 Å². The number of nitrogens with zero attached hydrogens (tertiary/aromatic N) is 2. The zero-order valence-corrected chi connectivity index (χ0v) is 11.2. The molecule has 0 spiro atoms. The second-order valence-electron chi connectivity index (χ2n) is 5.35. The normalized spacial score (nSPS) is 20.4. The quantitative estimate of drug-likeness (QED) is 0.415. The molecule has 102 valence electrons. The first kappa shape index (κ1) is 13.2. The second-order valence-corrected chi connectivity index (χ2v) is 5.35. The molecule has 2 saturated carbocycles. The molecular formula is C13H24N4O. The highest BCUT2D eigenvalue weighted by atomic mass is 16.1. The van der Waals surface area contributed by atoms with Crippen LogP contribution >= 0.6 is 0 Å². The minimum atomic E-state index is 0.216. The van der Waals surface area contributed by atoms with Crippen LogP contribution in [0, 0.1) is 5.92 Å². The van der Waals surface area contributed by atoms with Crippen LogP contribution in [-0.4, -0.2) is 42.9 Å². The number of amides is 1. The Kier molecular flexibility index (Phi) is 4.44. The fourth-order valence-corrected chi connectivity index (χ4v) is 2.06. The number of hydrogen-bond donors (Lipinski definition) is 2. The van der Waals surface area contributed by atoms with Gasteiger partial charge in [-0.05, 0) is 32.1 Å². The Morgan fingerprint density at radius 3 is 2.67 bits per heavy atom. The third kappa shape index (κ3) is 3.62. The van der Waals surface area contributed by atoms with E-state index in [1.54, 1.807) is 0 Å². The van der Waals surface area contributed by atoms with Crippen LogP contribution in [0.15, 0.2) is 4.99 Å². The van der Waals surface area contributed by atoms with Crippen LogP contribution in [-0.2, 0) is 4.79 Å². The van der Waals surface area contributed by atoms with Crippen LogP contribution in [0.1, 0.15) is 38.5 Å². The van der Waals surface area contributed by atoms with Gasteiger partial charge in [-0.1, -0.05) is 6.42 Å². The Bertz CT molecular complexity index is 321. The van der Waals surface area contributed by atoms with Gasteiger partial charge in [-0.3, -0.25) is 9.79 Å². The maximum Gasteiger partial charge on any atom is 0.223 e. The first-order valence-electron chi connectivity index (χ1n) is 6.99. The lowest BCUT2D eigenvalue weighted by Crippen LogP contribution is -2.36. The van der Waals surface area contributed by atoms with E-state index in [1.165, 1.54) is 19.3 Å². The van der Waals surface area contributed by atoms with Gasteiger partial charge in [0.15, 0.2) is 5.96 Å². The number of guanidine groups is 1. The Balaban J connectivity index is 1.54. The molecule has 2 aliphatic carbocycles. The molecule has 2 aliphatic rings. The van der Waals surface area contributed by atoms with Crippen molar-refractivity contribution in [2.45, 2.75) is 44.6 Å². The highest BCUT2D eigenvalue weighted by molar-refractivity contribution is 5.79. The van der Waals surface area contributed by atoms with Crippen LogP contribution in [0.25, 0.3) is 0 Å². The number of rotatable bonds is 6. The highest BCUT2D eigenvalue weighted by Gasteiger charge is 2.27. The van der Waals surface area contributed by atoms with Gasteiger partial charge in [-0.15, -0.1) is 0 Å². The number of nitrogens with two attached hydrogens (primary N) is 1. The summed E-state index contributed by atoms with van der Waals surface area (Å²) in [5.74, 6) is 1.12. The largest absolute Gasteiger partial charge is 0.370 e.